The van der Waals surface area contributed by atoms with E-state index in [1.165, 1.54) is 12.1 Å². The van der Waals surface area contributed by atoms with Gasteiger partial charge >= 0.3 is 0 Å². The fourth-order valence-electron chi connectivity index (χ4n) is 2.58. The number of carbonyl (C=O) groups is 1. The summed E-state index contributed by atoms with van der Waals surface area (Å²) in [7, 11) is 0. The number of carbonyl (C=O) groups excluding carboxylic acids is 1. The van der Waals surface area contributed by atoms with Crippen LogP contribution in [0.3, 0.4) is 0 Å². The van der Waals surface area contributed by atoms with Crippen molar-refractivity contribution in [2.45, 2.75) is 6.42 Å². The predicted octanol–water partition coefficient (Wildman–Crippen LogP) is 2.53. The Kier molecular flexibility index (Phi) is 4.39. The second-order valence-electron chi connectivity index (χ2n) is 5.44. The third kappa shape index (κ3) is 3.04. The number of anilines is 1. The Morgan fingerprint density at radius 2 is 1.92 bits per heavy atom. The van der Waals surface area contributed by atoms with Gasteiger partial charge in [-0.3, -0.25) is 9.89 Å². The van der Waals surface area contributed by atoms with Crippen LogP contribution >= 0.6 is 0 Å². The first-order valence-corrected chi connectivity index (χ1v) is 7.53. The minimum Gasteiger partial charge on any atom is -0.383 e. The molecule has 1 aromatic heterocycles. The Labute approximate surface area is 138 Å². The number of halogens is 1. The number of aromatic nitrogens is 2. The van der Waals surface area contributed by atoms with Gasteiger partial charge in [-0.25, -0.2) is 4.39 Å². The maximum atomic E-state index is 13.1. The number of H-pyrrole nitrogens is 1. The first-order chi connectivity index (χ1) is 11.6. The van der Waals surface area contributed by atoms with Crippen LogP contribution in [0.25, 0.3) is 11.3 Å². The van der Waals surface area contributed by atoms with E-state index in [9.17, 15) is 9.18 Å². The molecule has 0 aliphatic heterocycles. The number of benzene rings is 2. The zero-order valence-electron chi connectivity index (χ0n) is 12.9. The van der Waals surface area contributed by atoms with Gasteiger partial charge in [0.15, 0.2) is 5.78 Å². The fourth-order valence-corrected chi connectivity index (χ4v) is 2.58. The van der Waals surface area contributed by atoms with Gasteiger partial charge in [0.05, 0.1) is 5.56 Å². The molecule has 0 bridgehead atoms. The molecule has 6 heteroatoms. The lowest BCUT2D eigenvalue weighted by Crippen LogP contribution is -2.07. The van der Waals surface area contributed by atoms with Crippen molar-refractivity contribution in [3.63, 3.8) is 0 Å². The van der Waals surface area contributed by atoms with Gasteiger partial charge in [0.2, 0.25) is 0 Å². The molecule has 122 valence electrons. The molecule has 0 amide bonds. The van der Waals surface area contributed by atoms with Crippen molar-refractivity contribution < 1.29 is 9.18 Å². The van der Waals surface area contributed by atoms with E-state index in [0.29, 0.717) is 29.8 Å². The molecule has 0 fully saturated rings. The number of hydrogen-bond donors (Lipinski definition) is 3. The molecule has 0 saturated heterocycles. The van der Waals surface area contributed by atoms with Crippen molar-refractivity contribution in [1.82, 2.24) is 10.2 Å². The summed E-state index contributed by atoms with van der Waals surface area (Å²) in [4.78, 5) is 12.9. The average molecular weight is 324 g/mol. The van der Waals surface area contributed by atoms with E-state index in [1.54, 1.807) is 24.3 Å². The number of nitrogens with one attached hydrogen (secondary N) is 1. The van der Waals surface area contributed by atoms with Crippen LogP contribution in [-0.4, -0.2) is 22.5 Å². The Balaban J connectivity index is 2.03. The molecule has 0 atom stereocenters. The van der Waals surface area contributed by atoms with Crippen molar-refractivity contribution in [2.75, 3.05) is 12.3 Å². The Morgan fingerprint density at radius 1 is 1.17 bits per heavy atom. The monoisotopic (exact) mass is 324 g/mol. The van der Waals surface area contributed by atoms with Gasteiger partial charge in [-0.15, -0.1) is 0 Å². The molecule has 0 saturated carbocycles. The minimum atomic E-state index is -0.357. The molecule has 5 nitrogen and oxygen atoms in total. The first kappa shape index (κ1) is 15.9. The quantitative estimate of drug-likeness (QED) is 0.628. The molecular weight excluding hydrogens is 307 g/mol. The Morgan fingerprint density at radius 3 is 2.62 bits per heavy atom. The van der Waals surface area contributed by atoms with Crippen LogP contribution in [0.5, 0.6) is 0 Å². The third-order valence-electron chi connectivity index (χ3n) is 3.76. The highest BCUT2D eigenvalue weighted by Gasteiger charge is 2.21. The highest BCUT2D eigenvalue weighted by atomic mass is 19.1. The molecule has 3 rings (SSSR count). The van der Waals surface area contributed by atoms with E-state index in [0.717, 1.165) is 5.56 Å². The summed E-state index contributed by atoms with van der Waals surface area (Å²) in [5.74, 6) is -0.410. The summed E-state index contributed by atoms with van der Waals surface area (Å²) in [6.45, 7) is 0.506. The minimum absolute atomic E-state index is 0.184. The number of nitrogen functional groups attached to an aromatic ring is 1. The maximum absolute atomic E-state index is 13.1. The standard InChI is InChI=1S/C18H17FN4O/c19-14-6-4-12(5-7-14)16-15(18(21)23-22-16)17(24)13-3-1-2-11(10-13)8-9-20/h1-7,10H,8-9,20H2,(H3,21,22,23). The molecule has 1 heterocycles. The first-order valence-electron chi connectivity index (χ1n) is 7.53. The van der Waals surface area contributed by atoms with Crippen molar-refractivity contribution in [3.8, 4) is 11.3 Å². The zero-order valence-corrected chi connectivity index (χ0v) is 12.9. The van der Waals surface area contributed by atoms with E-state index in [4.69, 9.17) is 11.5 Å². The van der Waals surface area contributed by atoms with Crippen LogP contribution in [-0.2, 0) is 6.42 Å². The van der Waals surface area contributed by atoms with Gasteiger partial charge < -0.3 is 11.5 Å². The molecule has 24 heavy (non-hydrogen) atoms. The van der Waals surface area contributed by atoms with Crippen LogP contribution < -0.4 is 11.5 Å². The fraction of sp³-hybridized carbons (Fsp3) is 0.111. The van der Waals surface area contributed by atoms with Gasteiger partial charge in [-0.05, 0) is 48.9 Å². The summed E-state index contributed by atoms with van der Waals surface area (Å²) in [5, 5.41) is 6.74. The number of hydrogen-bond acceptors (Lipinski definition) is 4. The molecular formula is C18H17FN4O. The van der Waals surface area contributed by atoms with E-state index >= 15 is 0 Å². The van der Waals surface area contributed by atoms with Crippen LogP contribution in [0.1, 0.15) is 21.5 Å². The van der Waals surface area contributed by atoms with Gasteiger partial charge in [0.25, 0.3) is 0 Å². The predicted molar refractivity (Wildman–Crippen MR) is 91.0 cm³/mol. The van der Waals surface area contributed by atoms with Crippen LogP contribution in [0.2, 0.25) is 0 Å². The summed E-state index contributed by atoms with van der Waals surface area (Å²) in [6.07, 6.45) is 0.687. The third-order valence-corrected chi connectivity index (χ3v) is 3.76. The topological polar surface area (TPSA) is 97.8 Å². The van der Waals surface area contributed by atoms with Crippen LogP contribution in [0, 0.1) is 5.82 Å². The SMILES string of the molecule is NCCc1cccc(C(=O)c2c(-c3ccc(F)cc3)n[nH]c2N)c1. The smallest absolute Gasteiger partial charge is 0.199 e. The summed E-state index contributed by atoms with van der Waals surface area (Å²) < 4.78 is 13.1. The summed E-state index contributed by atoms with van der Waals surface area (Å²) >= 11 is 0. The lowest BCUT2D eigenvalue weighted by Gasteiger charge is -2.06. The van der Waals surface area contributed by atoms with E-state index < -0.39 is 0 Å². The number of nitrogens with zero attached hydrogens (tertiary/aromatic N) is 1. The molecule has 0 aliphatic carbocycles. The van der Waals surface area contributed by atoms with Crippen molar-refractivity contribution >= 4 is 11.6 Å². The van der Waals surface area contributed by atoms with Gasteiger partial charge in [-0.1, -0.05) is 18.2 Å². The lowest BCUT2D eigenvalue weighted by molar-refractivity contribution is 0.104. The average Bonchev–Trinajstić information content (AvgIpc) is 2.97. The number of ketones is 1. The summed E-state index contributed by atoms with van der Waals surface area (Å²) in [6, 6.07) is 13.0. The van der Waals surface area contributed by atoms with E-state index in [-0.39, 0.29) is 23.0 Å². The van der Waals surface area contributed by atoms with E-state index in [2.05, 4.69) is 10.2 Å². The van der Waals surface area contributed by atoms with E-state index in [1.807, 2.05) is 12.1 Å². The lowest BCUT2D eigenvalue weighted by atomic mass is 9.97. The molecule has 0 unspecified atom stereocenters. The second kappa shape index (κ2) is 6.64. The van der Waals surface area contributed by atoms with Gasteiger partial charge in [0, 0.05) is 11.1 Å². The number of aromatic amines is 1. The van der Waals surface area contributed by atoms with Crippen LogP contribution in [0.15, 0.2) is 48.5 Å². The molecule has 2 aromatic carbocycles. The zero-order chi connectivity index (χ0) is 17.1. The van der Waals surface area contributed by atoms with Gasteiger partial charge in [0.1, 0.15) is 17.3 Å². The Hall–Kier alpha value is -2.99. The van der Waals surface area contributed by atoms with Crippen molar-refractivity contribution in [2.24, 2.45) is 5.73 Å². The highest BCUT2D eigenvalue weighted by molar-refractivity contribution is 6.15. The normalized spacial score (nSPS) is 10.8. The number of nitrogens with two attached hydrogens (primary N) is 2. The molecule has 3 aromatic rings. The summed E-state index contributed by atoms with van der Waals surface area (Å²) in [5.41, 5.74) is 14.3. The second-order valence-corrected chi connectivity index (χ2v) is 5.44. The highest BCUT2D eigenvalue weighted by Crippen LogP contribution is 2.28. The largest absolute Gasteiger partial charge is 0.383 e. The van der Waals surface area contributed by atoms with Crippen LogP contribution in [0.4, 0.5) is 10.2 Å². The number of rotatable bonds is 5. The van der Waals surface area contributed by atoms with Gasteiger partial charge in [-0.2, -0.15) is 5.10 Å². The maximum Gasteiger partial charge on any atom is 0.199 e. The molecule has 5 N–H and O–H groups in total. The molecule has 0 radical (unpaired) electrons. The molecule has 0 aliphatic rings. The Bertz CT molecular complexity index is 871. The van der Waals surface area contributed by atoms with Crippen molar-refractivity contribution in [1.29, 1.82) is 0 Å². The molecule has 0 spiro atoms. The van der Waals surface area contributed by atoms with Crippen molar-refractivity contribution in [3.05, 3.63) is 71.0 Å².